The van der Waals surface area contributed by atoms with Crippen LogP contribution in [-0.4, -0.2) is 135 Å². The smallest absolute Gasteiger partial charge is 0.410 e. The first-order valence-corrected chi connectivity index (χ1v) is 16.2. The third-order valence-electron chi connectivity index (χ3n) is 9.66. The van der Waals surface area contributed by atoms with Gasteiger partial charge in [-0.05, 0) is 31.0 Å². The number of carbonyl (C=O) groups is 4. The number of carboxylic acid groups (broad SMARTS) is 1. The summed E-state index contributed by atoms with van der Waals surface area (Å²) in [6.45, 7) is 5.92. The lowest BCUT2D eigenvalue weighted by Gasteiger charge is -2.47. The highest BCUT2D eigenvalue weighted by atomic mass is 32.2. The van der Waals surface area contributed by atoms with Crippen LogP contribution < -0.4 is 5.11 Å². The molecule has 1 aromatic carbocycles. The molecule has 4 aliphatic rings. The van der Waals surface area contributed by atoms with Crippen molar-refractivity contribution in [2.75, 3.05) is 52.9 Å². The summed E-state index contributed by atoms with van der Waals surface area (Å²) in [5, 5.41) is 42.4. The number of hydrogen-bond acceptors (Lipinski definition) is 11. The highest BCUT2D eigenvalue weighted by molar-refractivity contribution is 8.03. The maximum Gasteiger partial charge on any atom is 0.410 e. The number of β-lactam (4-membered cyclic amide) rings is 1. The Morgan fingerprint density at radius 2 is 1.85 bits per heavy atom. The molecule has 0 bridgehead atoms. The molecule has 0 unspecified atom stereocenters. The minimum atomic E-state index is -1.50. The molecular formula is C30H39N5O10S. The van der Waals surface area contributed by atoms with Crippen LogP contribution in [0, 0.1) is 22.0 Å². The number of hydrogen-bond donors (Lipinski definition) is 2. The van der Waals surface area contributed by atoms with Crippen LogP contribution in [0.5, 0.6) is 0 Å². The Morgan fingerprint density at radius 3 is 2.41 bits per heavy atom. The molecule has 0 aromatic heterocycles. The molecule has 4 heterocycles. The predicted octanol–water partition coefficient (Wildman–Crippen LogP) is -0.492. The van der Waals surface area contributed by atoms with Gasteiger partial charge in [-0.3, -0.25) is 24.6 Å². The second kappa shape index (κ2) is 13.2. The molecule has 46 heavy (non-hydrogen) atoms. The van der Waals surface area contributed by atoms with Crippen molar-refractivity contribution < 1.29 is 48.6 Å². The van der Waals surface area contributed by atoms with E-state index in [2.05, 4.69) is 0 Å². The normalized spacial score (nSPS) is 27.7. The van der Waals surface area contributed by atoms with E-state index in [-0.39, 0.29) is 43.5 Å². The number of carboxylic acids is 1. The number of aliphatic hydroxyl groups is 2. The maximum atomic E-state index is 13.9. The zero-order valence-electron chi connectivity index (χ0n) is 25.9. The van der Waals surface area contributed by atoms with Crippen LogP contribution in [0.15, 0.2) is 34.9 Å². The van der Waals surface area contributed by atoms with E-state index >= 15 is 0 Å². The summed E-state index contributed by atoms with van der Waals surface area (Å²) in [6, 6.07) is 4.16. The number of thioether (sulfide) groups is 1. The number of ether oxygens (including phenoxy) is 1. The predicted molar refractivity (Wildman–Crippen MR) is 161 cm³/mol. The van der Waals surface area contributed by atoms with E-state index in [1.165, 1.54) is 52.8 Å². The van der Waals surface area contributed by atoms with Gasteiger partial charge in [0.2, 0.25) is 11.8 Å². The minimum absolute atomic E-state index is 0.0321. The van der Waals surface area contributed by atoms with Crippen LogP contribution in [0.2, 0.25) is 0 Å². The van der Waals surface area contributed by atoms with E-state index < -0.39 is 58.2 Å². The molecule has 0 saturated carbocycles. The van der Waals surface area contributed by atoms with Gasteiger partial charge < -0.3 is 39.1 Å². The number of carbonyl (C=O) groups excluding carboxylic acids is 4. The lowest BCUT2D eigenvalue weighted by atomic mass is 9.79. The van der Waals surface area contributed by atoms with E-state index in [0.29, 0.717) is 47.7 Å². The summed E-state index contributed by atoms with van der Waals surface area (Å²) in [4.78, 5) is 67.5. The standard InChI is InChI=1S/C30H39N5O10S/c1-17-24-23(18(2)37)28(39)33(24)25(29(40)41)26(17)46-21-14-22(27(38)31-8-10-35(3,11-9-31)12-13-36)32(15-21)30(42)45-16-19-4-6-20(7-5-19)34(43)44/h4-7,17-18,21-24,36-37H,8-16H2,1-3H3/t17-,18-,21+,22+,23-,24-/m1/s1. The van der Waals surface area contributed by atoms with Crippen LogP contribution in [0.25, 0.3) is 0 Å². The van der Waals surface area contributed by atoms with Crippen molar-refractivity contribution in [1.29, 1.82) is 0 Å². The molecule has 15 nitrogen and oxygen atoms in total. The van der Waals surface area contributed by atoms with E-state index in [1.54, 1.807) is 11.8 Å². The van der Waals surface area contributed by atoms with E-state index in [4.69, 9.17) is 4.74 Å². The van der Waals surface area contributed by atoms with Gasteiger partial charge in [0.1, 0.15) is 19.2 Å². The van der Waals surface area contributed by atoms with Crippen molar-refractivity contribution in [1.82, 2.24) is 14.7 Å². The summed E-state index contributed by atoms with van der Waals surface area (Å²) in [5.41, 5.74) is 0.186. The summed E-state index contributed by atoms with van der Waals surface area (Å²) in [6.07, 6.45) is -1.50. The zero-order chi connectivity index (χ0) is 33.5. The second-order valence-corrected chi connectivity index (χ2v) is 14.1. The van der Waals surface area contributed by atoms with Crippen molar-refractivity contribution in [3.05, 3.63) is 50.5 Å². The molecule has 6 atom stereocenters. The Balaban J connectivity index is 1.34. The van der Waals surface area contributed by atoms with Gasteiger partial charge in [0.25, 0.3) is 5.69 Å². The molecule has 0 radical (unpaired) electrons. The molecule has 16 heteroatoms. The molecule has 0 aliphatic carbocycles. The first-order valence-electron chi connectivity index (χ1n) is 15.3. The van der Waals surface area contributed by atoms with Gasteiger partial charge in [-0.25, -0.2) is 4.79 Å². The summed E-state index contributed by atoms with van der Waals surface area (Å²) in [5.74, 6) is -3.38. The van der Waals surface area contributed by atoms with E-state index in [0.717, 1.165) is 0 Å². The fraction of sp³-hybridized carbons (Fsp3) is 0.600. The summed E-state index contributed by atoms with van der Waals surface area (Å²) < 4.78 is 6.17. The van der Waals surface area contributed by atoms with Crippen molar-refractivity contribution >= 4 is 41.3 Å². The van der Waals surface area contributed by atoms with Crippen molar-refractivity contribution in [2.24, 2.45) is 11.8 Å². The number of quaternary nitrogens is 1. The number of likely N-dealkylation sites (N-methyl/N-ethyl adjacent to an activating group) is 1. The van der Waals surface area contributed by atoms with Crippen LogP contribution in [0.3, 0.4) is 0 Å². The zero-order valence-corrected chi connectivity index (χ0v) is 26.8. The Hall–Kier alpha value is -3.73. The first-order chi connectivity index (χ1) is 21.8. The van der Waals surface area contributed by atoms with Crippen LogP contribution in [-0.2, 0) is 25.7 Å². The second-order valence-electron chi connectivity index (χ2n) is 12.7. The molecule has 4 aliphatic heterocycles. The average molecular weight is 662 g/mol. The highest BCUT2D eigenvalue weighted by Gasteiger charge is 2.59. The molecular weight excluding hydrogens is 622 g/mol. The molecule has 3 saturated heterocycles. The molecule has 3 amide bonds. The molecule has 2 N–H and O–H groups in total. The molecule has 250 valence electrons. The summed E-state index contributed by atoms with van der Waals surface area (Å²) in [7, 11) is 2.02. The Bertz CT molecular complexity index is 1430. The van der Waals surface area contributed by atoms with Gasteiger partial charge in [0.05, 0.1) is 74.5 Å². The van der Waals surface area contributed by atoms with Gasteiger partial charge in [-0.1, -0.05) is 6.92 Å². The number of nitro benzene ring substituents is 1. The van der Waals surface area contributed by atoms with E-state index in [1.807, 2.05) is 7.05 Å². The number of aliphatic hydroxyl groups excluding tert-OH is 2. The van der Waals surface area contributed by atoms with Crippen molar-refractivity contribution in [3.8, 4) is 0 Å². The fourth-order valence-electron chi connectivity index (χ4n) is 6.95. The summed E-state index contributed by atoms with van der Waals surface area (Å²) >= 11 is 1.21. The lowest BCUT2D eigenvalue weighted by molar-refractivity contribution is -0.913. The fourth-order valence-corrected chi connectivity index (χ4v) is 8.47. The number of benzene rings is 1. The third-order valence-corrected chi connectivity index (χ3v) is 11.2. The van der Waals surface area contributed by atoms with Gasteiger partial charge in [0, 0.05) is 34.8 Å². The maximum absolute atomic E-state index is 13.9. The minimum Gasteiger partial charge on any atom is -0.543 e. The monoisotopic (exact) mass is 661 g/mol. The van der Waals surface area contributed by atoms with Crippen LogP contribution in [0.4, 0.5) is 10.5 Å². The molecule has 1 aromatic rings. The quantitative estimate of drug-likeness (QED) is 0.142. The topological polar surface area (TPSA) is 194 Å². The SMILES string of the molecule is C[C@@H](O)[C@H]1C(=O)N2C(C(=O)[O-])=C(S[C@H]3C[C@@H](C(=O)N4CC[N+](C)(CCO)CC4)N(C(=O)OCc4ccc([N+](=O)[O-])cc4)C3)[C@H](C)[C@H]12. The van der Waals surface area contributed by atoms with Gasteiger partial charge in [-0.15, -0.1) is 11.8 Å². The number of nitro groups is 1. The number of fused-ring (bicyclic) bond motifs is 1. The Labute approximate surface area is 270 Å². The lowest BCUT2D eigenvalue weighted by Crippen LogP contribution is -2.64. The van der Waals surface area contributed by atoms with Crippen molar-refractivity contribution in [2.45, 2.75) is 50.3 Å². The number of nitrogens with zero attached hydrogens (tertiary/aromatic N) is 5. The number of non-ortho nitro benzene ring substituents is 1. The number of aliphatic carboxylic acids is 1. The van der Waals surface area contributed by atoms with Crippen LogP contribution >= 0.6 is 11.8 Å². The van der Waals surface area contributed by atoms with Crippen molar-refractivity contribution in [3.63, 3.8) is 0 Å². The average Bonchev–Trinajstić information content (AvgIpc) is 3.53. The molecule has 3 fully saturated rings. The largest absolute Gasteiger partial charge is 0.543 e. The number of likely N-dealkylation sites (tertiary alicyclic amines) is 1. The first kappa shape index (κ1) is 33.6. The Morgan fingerprint density at radius 1 is 1.20 bits per heavy atom. The third kappa shape index (κ3) is 6.30. The van der Waals surface area contributed by atoms with E-state index in [9.17, 15) is 44.6 Å². The number of rotatable bonds is 10. The molecule has 5 rings (SSSR count). The highest BCUT2D eigenvalue weighted by Crippen LogP contribution is 2.52. The van der Waals surface area contributed by atoms with Gasteiger partial charge >= 0.3 is 6.09 Å². The van der Waals surface area contributed by atoms with Gasteiger partial charge in [0.15, 0.2) is 0 Å². The van der Waals surface area contributed by atoms with Gasteiger partial charge in [-0.2, -0.15) is 0 Å². The number of amides is 3. The van der Waals surface area contributed by atoms with Crippen LogP contribution in [0.1, 0.15) is 25.8 Å². The number of piperazine rings is 1. The Kier molecular flexibility index (Phi) is 9.63. The molecule has 0 spiro atoms.